The lowest BCUT2D eigenvalue weighted by molar-refractivity contribution is 0.148. The van der Waals surface area contributed by atoms with Gasteiger partial charge in [-0.2, -0.15) is 8.42 Å². The molecule has 0 saturated carbocycles. The summed E-state index contributed by atoms with van der Waals surface area (Å²) >= 11 is 0. The molecule has 0 aliphatic heterocycles. The number of rotatable bonds is 10. The fourth-order valence-corrected chi connectivity index (χ4v) is 3.16. The molecule has 134 valence electrons. The van der Waals surface area contributed by atoms with Crippen molar-refractivity contribution in [1.29, 1.82) is 0 Å². The maximum Gasteiger partial charge on any atom is 0.264 e. The average molecular weight is 360 g/mol. The van der Waals surface area contributed by atoms with Gasteiger partial charge >= 0.3 is 0 Å². The first-order valence-electron chi connectivity index (χ1n) is 8.17. The first-order valence-corrected chi connectivity index (χ1v) is 9.98. The molecule has 2 aromatic carbocycles. The maximum atomic E-state index is 11.3. The summed E-state index contributed by atoms with van der Waals surface area (Å²) in [7, 11) is -3.45. The maximum absolute atomic E-state index is 11.3. The van der Waals surface area contributed by atoms with Crippen LogP contribution in [0.25, 0.3) is 0 Å². The molecule has 4 nitrogen and oxygen atoms in total. The average Bonchev–Trinajstić information content (AvgIpc) is 2.60. The highest BCUT2D eigenvalue weighted by molar-refractivity contribution is 7.85. The SMILES string of the molecule is C=CCOCc1ccccc1C(CCOS(C)(=O)=O)c1ccccc1. The Hall–Kier alpha value is -1.95. The molecular weight excluding hydrogens is 336 g/mol. The minimum absolute atomic E-state index is 0.0338. The van der Waals surface area contributed by atoms with Crippen LogP contribution in [0.3, 0.4) is 0 Å². The summed E-state index contributed by atoms with van der Waals surface area (Å²) in [5, 5.41) is 0. The van der Waals surface area contributed by atoms with E-state index in [1.807, 2.05) is 48.5 Å². The molecule has 2 aromatic rings. The molecule has 2 rings (SSSR count). The van der Waals surface area contributed by atoms with Crippen LogP contribution in [0.4, 0.5) is 0 Å². The van der Waals surface area contributed by atoms with Crippen molar-refractivity contribution in [3.8, 4) is 0 Å². The Balaban J connectivity index is 2.27. The Morgan fingerprint density at radius 3 is 2.44 bits per heavy atom. The van der Waals surface area contributed by atoms with Gasteiger partial charge in [0.15, 0.2) is 0 Å². The number of hydrogen-bond acceptors (Lipinski definition) is 4. The van der Waals surface area contributed by atoms with E-state index in [2.05, 4.69) is 12.6 Å². The summed E-state index contributed by atoms with van der Waals surface area (Å²) in [5.41, 5.74) is 3.32. The van der Waals surface area contributed by atoms with Crippen molar-refractivity contribution in [3.05, 3.63) is 83.9 Å². The molecule has 0 heterocycles. The zero-order valence-corrected chi connectivity index (χ0v) is 15.2. The first kappa shape index (κ1) is 19.4. The smallest absolute Gasteiger partial charge is 0.264 e. The summed E-state index contributed by atoms with van der Waals surface area (Å²) < 4.78 is 33.1. The van der Waals surface area contributed by atoms with Crippen molar-refractivity contribution < 1.29 is 17.3 Å². The van der Waals surface area contributed by atoms with E-state index in [-0.39, 0.29) is 12.5 Å². The highest BCUT2D eigenvalue weighted by Crippen LogP contribution is 2.31. The van der Waals surface area contributed by atoms with Gasteiger partial charge in [0.25, 0.3) is 10.1 Å². The third-order valence-electron chi connectivity index (χ3n) is 3.83. The lowest BCUT2D eigenvalue weighted by Gasteiger charge is -2.21. The van der Waals surface area contributed by atoms with Gasteiger partial charge < -0.3 is 4.74 Å². The molecule has 0 aliphatic carbocycles. The van der Waals surface area contributed by atoms with Crippen molar-refractivity contribution in [1.82, 2.24) is 0 Å². The fourth-order valence-electron chi connectivity index (χ4n) is 2.76. The molecule has 0 N–H and O–H groups in total. The molecule has 0 fully saturated rings. The van der Waals surface area contributed by atoms with E-state index >= 15 is 0 Å². The molecule has 1 unspecified atom stereocenters. The van der Waals surface area contributed by atoms with Gasteiger partial charge in [0.05, 0.1) is 26.1 Å². The van der Waals surface area contributed by atoms with Gasteiger partial charge in [0, 0.05) is 5.92 Å². The molecule has 0 spiro atoms. The Bertz CT molecular complexity index is 769. The van der Waals surface area contributed by atoms with Crippen LogP contribution in [0, 0.1) is 0 Å². The summed E-state index contributed by atoms with van der Waals surface area (Å²) in [4.78, 5) is 0. The fraction of sp³-hybridized carbons (Fsp3) is 0.300. The van der Waals surface area contributed by atoms with E-state index in [1.165, 1.54) is 0 Å². The number of benzene rings is 2. The predicted molar refractivity (Wildman–Crippen MR) is 100.0 cm³/mol. The number of ether oxygens (including phenoxy) is 1. The topological polar surface area (TPSA) is 52.6 Å². The Kier molecular flexibility index (Phi) is 7.37. The molecule has 0 aromatic heterocycles. The number of hydrogen-bond donors (Lipinski definition) is 0. The molecule has 0 amide bonds. The predicted octanol–water partition coefficient (Wildman–Crippen LogP) is 3.89. The molecule has 1 atom stereocenters. The van der Waals surface area contributed by atoms with Gasteiger partial charge in [-0.3, -0.25) is 4.18 Å². The summed E-state index contributed by atoms with van der Waals surface area (Å²) in [5.74, 6) is 0.0338. The van der Waals surface area contributed by atoms with E-state index in [9.17, 15) is 8.42 Å². The van der Waals surface area contributed by atoms with Gasteiger partial charge in [-0.1, -0.05) is 60.7 Å². The van der Waals surface area contributed by atoms with Gasteiger partial charge in [-0.15, -0.1) is 6.58 Å². The third kappa shape index (κ3) is 6.46. The van der Waals surface area contributed by atoms with Crippen molar-refractivity contribution >= 4 is 10.1 Å². The Labute approximate surface area is 150 Å². The molecule has 0 aliphatic rings. The summed E-state index contributed by atoms with van der Waals surface area (Å²) in [6, 6.07) is 18.1. The highest BCUT2D eigenvalue weighted by atomic mass is 32.2. The molecule has 25 heavy (non-hydrogen) atoms. The van der Waals surface area contributed by atoms with Crippen molar-refractivity contribution in [2.24, 2.45) is 0 Å². The second-order valence-electron chi connectivity index (χ2n) is 5.78. The van der Waals surface area contributed by atoms with Crippen LogP contribution >= 0.6 is 0 Å². The quantitative estimate of drug-likeness (QED) is 0.366. The first-order chi connectivity index (χ1) is 12.0. The minimum atomic E-state index is -3.45. The van der Waals surface area contributed by atoms with E-state index in [0.29, 0.717) is 19.6 Å². The van der Waals surface area contributed by atoms with Crippen LogP contribution < -0.4 is 0 Å². The van der Waals surface area contributed by atoms with Crippen molar-refractivity contribution in [2.75, 3.05) is 19.5 Å². The third-order valence-corrected chi connectivity index (χ3v) is 4.42. The normalized spacial score (nSPS) is 12.7. The van der Waals surface area contributed by atoms with Gasteiger partial charge in [-0.05, 0) is 23.1 Å². The molecule has 0 radical (unpaired) electrons. The standard InChI is InChI=1S/C20H24O4S/c1-3-14-23-16-18-11-7-8-12-19(18)20(13-15-24-25(2,21)22)17-9-5-4-6-10-17/h3-12,20H,1,13-16H2,2H3. The van der Waals surface area contributed by atoms with E-state index in [1.54, 1.807) is 6.08 Å². The minimum Gasteiger partial charge on any atom is -0.373 e. The summed E-state index contributed by atoms with van der Waals surface area (Å²) in [6.07, 6.45) is 3.36. The Morgan fingerprint density at radius 2 is 1.76 bits per heavy atom. The van der Waals surface area contributed by atoms with Gasteiger partial charge in [0.1, 0.15) is 0 Å². The largest absolute Gasteiger partial charge is 0.373 e. The van der Waals surface area contributed by atoms with Crippen LogP contribution in [-0.4, -0.2) is 27.9 Å². The molecule has 0 saturated heterocycles. The van der Waals surface area contributed by atoms with E-state index in [0.717, 1.165) is 22.9 Å². The van der Waals surface area contributed by atoms with Crippen LogP contribution in [0.5, 0.6) is 0 Å². The van der Waals surface area contributed by atoms with Gasteiger partial charge in [-0.25, -0.2) is 0 Å². The molecule has 0 bridgehead atoms. The van der Waals surface area contributed by atoms with E-state index in [4.69, 9.17) is 8.92 Å². The lowest BCUT2D eigenvalue weighted by atomic mass is 9.86. The highest BCUT2D eigenvalue weighted by Gasteiger charge is 2.18. The zero-order valence-electron chi connectivity index (χ0n) is 14.4. The van der Waals surface area contributed by atoms with Gasteiger partial charge in [0.2, 0.25) is 0 Å². The van der Waals surface area contributed by atoms with Crippen LogP contribution in [-0.2, 0) is 25.6 Å². The monoisotopic (exact) mass is 360 g/mol. The molecule has 5 heteroatoms. The van der Waals surface area contributed by atoms with Crippen molar-refractivity contribution in [2.45, 2.75) is 18.9 Å². The second kappa shape index (κ2) is 9.51. The van der Waals surface area contributed by atoms with Crippen LogP contribution in [0.2, 0.25) is 0 Å². The zero-order chi connectivity index (χ0) is 18.1. The van der Waals surface area contributed by atoms with Crippen molar-refractivity contribution in [3.63, 3.8) is 0 Å². The Morgan fingerprint density at radius 1 is 1.08 bits per heavy atom. The second-order valence-corrected chi connectivity index (χ2v) is 7.42. The van der Waals surface area contributed by atoms with Crippen LogP contribution in [0.15, 0.2) is 67.3 Å². The lowest BCUT2D eigenvalue weighted by Crippen LogP contribution is -2.11. The van der Waals surface area contributed by atoms with Crippen LogP contribution in [0.1, 0.15) is 29.0 Å². The van der Waals surface area contributed by atoms with E-state index < -0.39 is 10.1 Å². The summed E-state index contributed by atoms with van der Waals surface area (Å²) in [6.45, 7) is 4.77. The molecular formula is C20H24O4S.